The van der Waals surface area contributed by atoms with Gasteiger partial charge in [-0.2, -0.15) is 24.9 Å². The third-order valence-electron chi connectivity index (χ3n) is 3.43. The Bertz CT molecular complexity index is 447. The van der Waals surface area contributed by atoms with Crippen LogP contribution < -0.4 is 5.32 Å². The minimum absolute atomic E-state index is 0.223. The van der Waals surface area contributed by atoms with Crippen molar-refractivity contribution in [3.05, 3.63) is 35.4 Å². The van der Waals surface area contributed by atoms with Crippen LogP contribution in [0.25, 0.3) is 0 Å². The fraction of sp³-hybridized carbons (Fsp3) is 0.600. The molecule has 0 saturated carbocycles. The summed E-state index contributed by atoms with van der Waals surface area (Å²) in [6, 6.07) is 5.36. The Hall–Kier alpha value is -0.720. The van der Waals surface area contributed by atoms with Gasteiger partial charge >= 0.3 is 6.18 Å². The number of halogens is 3. The van der Waals surface area contributed by atoms with Gasteiger partial charge < -0.3 is 10.1 Å². The molecule has 0 aromatic heterocycles. The molecule has 1 fully saturated rings. The third-order valence-corrected chi connectivity index (χ3v) is 4.45. The molecule has 2 unspecified atom stereocenters. The molecule has 118 valence electrons. The van der Waals surface area contributed by atoms with Crippen molar-refractivity contribution < 1.29 is 17.9 Å². The second kappa shape index (κ2) is 7.51. The molecule has 2 rings (SSSR count). The molecular formula is C15H20F3NOS. The van der Waals surface area contributed by atoms with Gasteiger partial charge in [0.15, 0.2) is 0 Å². The molecule has 0 radical (unpaired) electrons. The summed E-state index contributed by atoms with van der Waals surface area (Å²) >= 11 is 1.73. The predicted octanol–water partition coefficient (Wildman–Crippen LogP) is 3.88. The molecule has 2 atom stereocenters. The van der Waals surface area contributed by atoms with Crippen molar-refractivity contribution in [3.8, 4) is 0 Å². The van der Waals surface area contributed by atoms with E-state index < -0.39 is 17.8 Å². The van der Waals surface area contributed by atoms with Crippen LogP contribution in [0, 0.1) is 0 Å². The normalized spacial score (nSPS) is 21.2. The summed E-state index contributed by atoms with van der Waals surface area (Å²) in [5.74, 6) is 1.62. The van der Waals surface area contributed by atoms with Gasteiger partial charge in [0, 0.05) is 11.5 Å². The summed E-state index contributed by atoms with van der Waals surface area (Å²) in [6.45, 7) is 3.26. The maximum Gasteiger partial charge on any atom is 0.416 e. The summed E-state index contributed by atoms with van der Waals surface area (Å²) in [5.41, 5.74) is -0.288. The zero-order valence-electron chi connectivity index (χ0n) is 12.0. The van der Waals surface area contributed by atoms with Crippen LogP contribution in [-0.4, -0.2) is 30.8 Å². The number of benzene rings is 1. The van der Waals surface area contributed by atoms with E-state index in [1.165, 1.54) is 6.07 Å². The van der Waals surface area contributed by atoms with Gasteiger partial charge in [0.05, 0.1) is 24.3 Å². The lowest BCUT2D eigenvalue weighted by Gasteiger charge is -2.32. The number of hydrogen-bond donors (Lipinski definition) is 1. The summed E-state index contributed by atoms with van der Waals surface area (Å²) in [5, 5.41) is 3.23. The average Bonchev–Trinajstić information content (AvgIpc) is 2.48. The van der Waals surface area contributed by atoms with Gasteiger partial charge in [-0.1, -0.05) is 25.1 Å². The van der Waals surface area contributed by atoms with E-state index in [0.717, 1.165) is 18.2 Å². The van der Waals surface area contributed by atoms with Gasteiger partial charge in [-0.05, 0) is 24.6 Å². The number of thioether (sulfide) groups is 1. The molecule has 0 spiro atoms. The fourth-order valence-corrected chi connectivity index (χ4v) is 3.37. The van der Waals surface area contributed by atoms with Crippen LogP contribution in [0.5, 0.6) is 0 Å². The van der Waals surface area contributed by atoms with Crippen LogP contribution in [0.1, 0.15) is 30.5 Å². The maximum atomic E-state index is 13.2. The molecular weight excluding hydrogens is 299 g/mol. The van der Waals surface area contributed by atoms with E-state index in [9.17, 15) is 13.2 Å². The Morgan fingerprint density at radius 3 is 2.76 bits per heavy atom. The van der Waals surface area contributed by atoms with Crippen LogP contribution >= 0.6 is 11.8 Å². The van der Waals surface area contributed by atoms with E-state index in [1.54, 1.807) is 23.9 Å². The Balaban J connectivity index is 2.31. The van der Waals surface area contributed by atoms with E-state index in [-0.39, 0.29) is 11.7 Å². The highest BCUT2D eigenvalue weighted by molar-refractivity contribution is 7.99. The summed E-state index contributed by atoms with van der Waals surface area (Å²) in [4.78, 5) is 0. The first-order valence-electron chi connectivity index (χ1n) is 7.13. The van der Waals surface area contributed by atoms with E-state index in [0.29, 0.717) is 18.9 Å². The molecule has 2 nitrogen and oxygen atoms in total. The molecule has 0 aliphatic carbocycles. The largest absolute Gasteiger partial charge is 0.416 e. The molecule has 1 aromatic rings. The molecule has 1 aliphatic heterocycles. The zero-order chi connectivity index (χ0) is 15.3. The minimum atomic E-state index is -4.34. The lowest BCUT2D eigenvalue weighted by molar-refractivity contribution is -0.138. The number of alkyl halides is 3. The van der Waals surface area contributed by atoms with E-state index in [4.69, 9.17) is 4.74 Å². The molecule has 0 amide bonds. The Labute approximate surface area is 127 Å². The second-order valence-electron chi connectivity index (χ2n) is 5.00. The lowest BCUT2D eigenvalue weighted by Crippen LogP contribution is -2.39. The molecule has 1 N–H and O–H groups in total. The van der Waals surface area contributed by atoms with Crippen LogP contribution in [0.4, 0.5) is 13.2 Å². The Kier molecular flexibility index (Phi) is 5.96. The Morgan fingerprint density at radius 1 is 1.38 bits per heavy atom. The van der Waals surface area contributed by atoms with Crippen LogP contribution in [0.15, 0.2) is 24.3 Å². The molecule has 1 saturated heterocycles. The second-order valence-corrected chi connectivity index (χ2v) is 6.15. The number of ether oxygens (including phenoxy) is 1. The van der Waals surface area contributed by atoms with Crippen LogP contribution in [0.3, 0.4) is 0 Å². The molecule has 1 aromatic carbocycles. The van der Waals surface area contributed by atoms with Crippen molar-refractivity contribution in [3.63, 3.8) is 0 Å². The summed E-state index contributed by atoms with van der Waals surface area (Å²) in [7, 11) is 0. The van der Waals surface area contributed by atoms with Crippen molar-refractivity contribution >= 4 is 11.8 Å². The minimum Gasteiger partial charge on any atom is -0.375 e. The van der Waals surface area contributed by atoms with Crippen molar-refractivity contribution in [2.75, 3.05) is 24.7 Å². The van der Waals surface area contributed by atoms with Crippen molar-refractivity contribution in [2.45, 2.75) is 31.7 Å². The van der Waals surface area contributed by atoms with Crippen molar-refractivity contribution in [1.82, 2.24) is 5.32 Å². The third kappa shape index (κ3) is 4.37. The van der Waals surface area contributed by atoms with Gasteiger partial charge in [-0.3, -0.25) is 0 Å². The first-order chi connectivity index (χ1) is 10.0. The van der Waals surface area contributed by atoms with Gasteiger partial charge in [0.2, 0.25) is 0 Å². The molecule has 1 heterocycles. The molecule has 21 heavy (non-hydrogen) atoms. The standard InChI is InChI=1S/C15H20F3NOS/c1-2-7-19-14(13-10-21-9-8-20-13)11-5-3-4-6-12(11)15(16,17)18/h3-6,13-14,19H,2,7-10H2,1H3. The highest BCUT2D eigenvalue weighted by Crippen LogP contribution is 2.37. The highest BCUT2D eigenvalue weighted by atomic mass is 32.2. The van der Waals surface area contributed by atoms with Crippen molar-refractivity contribution in [1.29, 1.82) is 0 Å². The zero-order valence-corrected chi connectivity index (χ0v) is 12.8. The van der Waals surface area contributed by atoms with Crippen LogP contribution in [-0.2, 0) is 10.9 Å². The molecule has 6 heteroatoms. The number of hydrogen-bond acceptors (Lipinski definition) is 3. The summed E-state index contributed by atoms with van der Waals surface area (Å²) in [6.07, 6.45) is -3.70. The van der Waals surface area contributed by atoms with E-state index >= 15 is 0 Å². The maximum absolute atomic E-state index is 13.2. The summed E-state index contributed by atoms with van der Waals surface area (Å²) < 4.78 is 45.4. The van der Waals surface area contributed by atoms with Gasteiger partial charge in [-0.25, -0.2) is 0 Å². The highest BCUT2D eigenvalue weighted by Gasteiger charge is 2.37. The SMILES string of the molecule is CCCNC(c1ccccc1C(F)(F)F)C1CSCCO1. The molecule has 1 aliphatic rings. The van der Waals surface area contributed by atoms with E-state index in [2.05, 4.69) is 5.32 Å². The fourth-order valence-electron chi connectivity index (χ4n) is 2.47. The van der Waals surface area contributed by atoms with Gasteiger partial charge in [0.1, 0.15) is 0 Å². The number of nitrogens with one attached hydrogen (secondary N) is 1. The first kappa shape index (κ1) is 16.6. The lowest BCUT2D eigenvalue weighted by atomic mass is 9.96. The predicted molar refractivity (Wildman–Crippen MR) is 79.5 cm³/mol. The Morgan fingerprint density at radius 2 is 2.14 bits per heavy atom. The van der Waals surface area contributed by atoms with Gasteiger partial charge in [0.25, 0.3) is 0 Å². The average molecular weight is 319 g/mol. The molecule has 0 bridgehead atoms. The first-order valence-corrected chi connectivity index (χ1v) is 8.28. The van der Waals surface area contributed by atoms with E-state index in [1.807, 2.05) is 6.92 Å². The van der Waals surface area contributed by atoms with Crippen LogP contribution in [0.2, 0.25) is 0 Å². The topological polar surface area (TPSA) is 21.3 Å². The van der Waals surface area contributed by atoms with Crippen molar-refractivity contribution in [2.24, 2.45) is 0 Å². The van der Waals surface area contributed by atoms with Gasteiger partial charge in [-0.15, -0.1) is 0 Å². The quantitative estimate of drug-likeness (QED) is 0.890. The number of rotatable bonds is 5. The smallest absolute Gasteiger partial charge is 0.375 e. The monoisotopic (exact) mass is 319 g/mol.